The van der Waals surface area contributed by atoms with Crippen molar-refractivity contribution >= 4 is 0 Å². The molecule has 0 bridgehead atoms. The van der Waals surface area contributed by atoms with Crippen LogP contribution in [0.3, 0.4) is 0 Å². The number of ether oxygens (including phenoxy) is 4. The van der Waals surface area contributed by atoms with Crippen LogP contribution in [0, 0.1) is 6.92 Å². The molecule has 1 aromatic rings. The molecule has 0 saturated carbocycles. The first-order chi connectivity index (χ1) is 20.0. The van der Waals surface area contributed by atoms with Crippen molar-refractivity contribution in [3.63, 3.8) is 0 Å². The second kappa shape index (κ2) is 34.3. The van der Waals surface area contributed by atoms with Gasteiger partial charge in [-0.15, -0.1) is 0 Å². The van der Waals surface area contributed by atoms with Crippen LogP contribution in [-0.4, -0.2) is 50.9 Å². The molecule has 0 aliphatic heterocycles. The van der Waals surface area contributed by atoms with Crippen LogP contribution in [0.25, 0.3) is 0 Å². The summed E-state index contributed by atoms with van der Waals surface area (Å²) in [6, 6.07) is 0. The number of rotatable bonds is 27. The number of aliphatic hydroxyl groups is 2. The zero-order chi connectivity index (χ0) is 30.1. The largest absolute Gasteiger partial charge is 0.490 e. The number of hydrogen-bond donors (Lipinski definition) is 2. The first-order valence-corrected chi connectivity index (χ1v) is 16.5. The van der Waals surface area contributed by atoms with Gasteiger partial charge in [-0.05, 0) is 52.4 Å². The molecule has 1 rings (SSSR count). The van der Waals surface area contributed by atoms with Gasteiger partial charge in [-0.1, -0.05) is 95.6 Å². The molecule has 0 heterocycles. The van der Waals surface area contributed by atoms with Crippen LogP contribution >= 0.6 is 0 Å². The normalized spacial score (nSPS) is 10.8. The maximum atomic E-state index is 8.91. The molecule has 0 unspecified atom stereocenters. The number of benzene rings is 1. The summed E-state index contributed by atoms with van der Waals surface area (Å²) in [5, 5.41) is 17.8. The van der Waals surface area contributed by atoms with Gasteiger partial charge in [0.15, 0.2) is 11.5 Å². The van der Waals surface area contributed by atoms with Gasteiger partial charge in [0.25, 0.3) is 0 Å². The minimum absolute atomic E-state index is 0. The number of allylic oxidation sites excluding steroid dienone is 2. The van der Waals surface area contributed by atoms with Crippen LogP contribution in [-0.2, 0) is 105 Å². The molecule has 9 heteroatoms. The van der Waals surface area contributed by atoms with Gasteiger partial charge < -0.3 is 29.2 Å². The average Bonchev–Trinajstić information content (AvgIpc) is 2.98. The monoisotopic (exact) mass is 845 g/mol. The van der Waals surface area contributed by atoms with Crippen LogP contribution in [0.1, 0.15) is 134 Å². The maximum Gasteiger partial charge on any atom is 0.207 e. The van der Waals surface area contributed by atoms with Crippen LogP contribution in [0.15, 0.2) is 11.6 Å². The molecular formula is C35H62O6Y3. The van der Waals surface area contributed by atoms with Gasteiger partial charge in [-0.25, -0.2) is 0 Å². The molecule has 0 amide bonds. The predicted octanol–water partition coefficient (Wildman–Crippen LogP) is 8.89. The molecule has 6 nitrogen and oxygen atoms in total. The molecule has 2 N–H and O–H groups in total. The number of methoxy groups -OCH3 is 2. The van der Waals surface area contributed by atoms with Gasteiger partial charge in [0.1, 0.15) is 0 Å². The van der Waals surface area contributed by atoms with Gasteiger partial charge >= 0.3 is 0 Å². The molecule has 0 atom stereocenters. The van der Waals surface area contributed by atoms with Crippen LogP contribution in [0.4, 0.5) is 0 Å². The molecule has 0 spiro atoms. The van der Waals surface area contributed by atoms with Crippen molar-refractivity contribution in [2.24, 2.45) is 0 Å². The van der Waals surface area contributed by atoms with Crippen molar-refractivity contribution in [3.8, 4) is 23.0 Å². The maximum absolute atomic E-state index is 8.91. The second-order valence-electron chi connectivity index (χ2n) is 11.2. The molecule has 0 aliphatic carbocycles. The number of aliphatic hydroxyl groups excluding tert-OH is 2. The standard InChI is InChI=1S/C35H62O6.3Y/c1-6-29(2)23-24-31-30(3)32(40-27-21-17-13-9-7-11-15-19-25-36)34(38-4)35(39-5)33(31)41-28-22-18-14-10-8-12-16-20-26-37;;;/h23,36-37H,6-22,24-28H2,1-5H3;;;/b29-23+;;;. The van der Waals surface area contributed by atoms with E-state index in [4.69, 9.17) is 29.2 Å². The summed E-state index contributed by atoms with van der Waals surface area (Å²) in [4.78, 5) is 0. The molecular weight excluding hydrogens is 783 g/mol. The van der Waals surface area contributed by atoms with Crippen molar-refractivity contribution in [1.29, 1.82) is 0 Å². The van der Waals surface area contributed by atoms with Crippen molar-refractivity contribution in [3.05, 3.63) is 22.8 Å². The van der Waals surface area contributed by atoms with E-state index in [0.717, 1.165) is 86.8 Å². The summed E-state index contributed by atoms with van der Waals surface area (Å²) in [5.74, 6) is 2.78. The van der Waals surface area contributed by atoms with Crippen molar-refractivity contribution < 1.29 is 127 Å². The quantitative estimate of drug-likeness (QED) is 0.0681. The Bertz CT molecular complexity index is 835. The zero-order valence-corrected chi connectivity index (χ0v) is 37.4. The average molecular weight is 846 g/mol. The van der Waals surface area contributed by atoms with Crippen LogP contribution in [0.5, 0.6) is 23.0 Å². The second-order valence-corrected chi connectivity index (χ2v) is 11.2. The third kappa shape index (κ3) is 21.4. The molecule has 0 aromatic heterocycles. The third-order valence-corrected chi connectivity index (χ3v) is 7.90. The predicted molar refractivity (Wildman–Crippen MR) is 171 cm³/mol. The van der Waals surface area contributed by atoms with E-state index in [9.17, 15) is 0 Å². The summed E-state index contributed by atoms with van der Waals surface area (Å²) < 4.78 is 24.6. The van der Waals surface area contributed by atoms with Crippen LogP contribution in [0.2, 0.25) is 0 Å². The Morgan fingerprint density at radius 2 is 0.932 bits per heavy atom. The Morgan fingerprint density at radius 3 is 1.32 bits per heavy atom. The zero-order valence-electron chi connectivity index (χ0n) is 28.9. The Hall–Kier alpha value is 1.39. The first kappa shape index (κ1) is 49.8. The molecule has 1 aromatic carbocycles. The van der Waals surface area contributed by atoms with E-state index in [1.54, 1.807) is 14.2 Å². The van der Waals surface area contributed by atoms with Gasteiger partial charge in [-0.2, -0.15) is 0 Å². The summed E-state index contributed by atoms with van der Waals surface area (Å²) in [6.45, 7) is 8.37. The minimum atomic E-state index is 0. The molecule has 44 heavy (non-hydrogen) atoms. The smallest absolute Gasteiger partial charge is 0.207 e. The van der Waals surface area contributed by atoms with E-state index in [1.807, 2.05) is 0 Å². The Labute approximate surface area is 346 Å². The van der Waals surface area contributed by atoms with Gasteiger partial charge in [0.05, 0.1) is 27.4 Å². The van der Waals surface area contributed by atoms with Crippen LogP contribution < -0.4 is 18.9 Å². The van der Waals surface area contributed by atoms with E-state index >= 15 is 0 Å². The Morgan fingerprint density at radius 1 is 0.568 bits per heavy atom. The van der Waals surface area contributed by atoms with Crippen molar-refractivity contribution in [1.82, 2.24) is 0 Å². The van der Waals surface area contributed by atoms with E-state index in [-0.39, 0.29) is 98.1 Å². The topological polar surface area (TPSA) is 77.4 Å². The fourth-order valence-electron chi connectivity index (χ4n) is 5.08. The molecule has 0 fully saturated rings. The van der Waals surface area contributed by atoms with Gasteiger partial charge in [-0.3, -0.25) is 0 Å². The Balaban J connectivity index is -0.00000560. The van der Waals surface area contributed by atoms with E-state index in [0.29, 0.717) is 37.9 Å². The van der Waals surface area contributed by atoms with Crippen molar-refractivity contribution in [2.75, 3.05) is 40.6 Å². The van der Waals surface area contributed by atoms with Gasteiger partial charge in [0.2, 0.25) is 11.5 Å². The van der Waals surface area contributed by atoms with E-state index in [1.165, 1.54) is 56.9 Å². The third-order valence-electron chi connectivity index (χ3n) is 7.90. The van der Waals surface area contributed by atoms with E-state index < -0.39 is 0 Å². The fourth-order valence-corrected chi connectivity index (χ4v) is 5.08. The molecule has 0 aliphatic rings. The summed E-state index contributed by atoms with van der Waals surface area (Å²) in [6.07, 6.45) is 22.3. The fraction of sp³-hybridized carbons (Fsp3) is 0.771. The molecule has 3 radical (unpaired) electrons. The first-order valence-electron chi connectivity index (χ1n) is 16.5. The summed E-state index contributed by atoms with van der Waals surface area (Å²) >= 11 is 0. The molecule has 0 saturated heterocycles. The molecule has 247 valence electrons. The number of hydrogen-bond acceptors (Lipinski definition) is 6. The van der Waals surface area contributed by atoms with Gasteiger partial charge in [0, 0.05) is 122 Å². The summed E-state index contributed by atoms with van der Waals surface area (Å²) in [5.41, 5.74) is 3.52. The minimum Gasteiger partial charge on any atom is -0.490 e. The SMILES string of the molecule is CC/C(C)=C/Cc1c(C)c(OCCCCCCCCCCO)c(OC)c(OC)c1OCCCCCCCCCCO.[Y].[Y].[Y]. The summed E-state index contributed by atoms with van der Waals surface area (Å²) in [7, 11) is 3.35. The number of unbranched alkanes of at least 4 members (excludes halogenated alkanes) is 14. The van der Waals surface area contributed by atoms with Crippen molar-refractivity contribution in [2.45, 2.75) is 136 Å². The van der Waals surface area contributed by atoms with E-state index in [2.05, 4.69) is 26.8 Å². The Kier molecular flexibility index (Phi) is 38.8.